The van der Waals surface area contributed by atoms with Crippen LogP contribution in [0.1, 0.15) is 12.0 Å². The molecule has 4 N–H and O–H groups in total. The van der Waals surface area contributed by atoms with Gasteiger partial charge in [-0.05, 0) is 5.56 Å². The summed E-state index contributed by atoms with van der Waals surface area (Å²) in [6.45, 7) is -0.871. The number of ether oxygens (including phenoxy) is 2. The van der Waals surface area contributed by atoms with Gasteiger partial charge in [-0.1, -0.05) is 30.3 Å². The Hall–Kier alpha value is -3.10. The van der Waals surface area contributed by atoms with E-state index in [9.17, 15) is 19.2 Å². The number of benzene rings is 1. The number of nitrogens with two attached hydrogens (primary N) is 1. The molecule has 0 bridgehead atoms. The highest BCUT2D eigenvalue weighted by atomic mass is 16.6. The smallest absolute Gasteiger partial charge is 0.408 e. The molecule has 0 heterocycles. The van der Waals surface area contributed by atoms with E-state index in [4.69, 9.17) is 15.6 Å². The third kappa shape index (κ3) is 7.46. The predicted octanol–water partition coefficient (Wildman–Crippen LogP) is -0.215. The largest absolute Gasteiger partial charge is 0.479 e. The van der Waals surface area contributed by atoms with Gasteiger partial charge in [0.25, 0.3) is 0 Å². The Morgan fingerprint density at radius 2 is 1.78 bits per heavy atom. The Kier molecular flexibility index (Phi) is 7.05. The zero-order valence-electron chi connectivity index (χ0n) is 12.1. The Balaban J connectivity index is 2.45. The van der Waals surface area contributed by atoms with E-state index in [1.165, 1.54) is 0 Å². The summed E-state index contributed by atoms with van der Waals surface area (Å²) in [4.78, 5) is 44.4. The second kappa shape index (κ2) is 9.03. The second-order valence-corrected chi connectivity index (χ2v) is 4.42. The van der Waals surface area contributed by atoms with Crippen LogP contribution in [0.15, 0.2) is 30.3 Å². The molecule has 0 aromatic heterocycles. The number of carboxylic acid groups (broad SMARTS) is 1. The van der Waals surface area contributed by atoms with Gasteiger partial charge in [0, 0.05) is 0 Å². The van der Waals surface area contributed by atoms with Gasteiger partial charge in [-0.25, -0.2) is 9.59 Å². The molecule has 124 valence electrons. The number of primary amides is 1. The van der Waals surface area contributed by atoms with E-state index in [0.717, 1.165) is 5.56 Å². The summed E-state index contributed by atoms with van der Waals surface area (Å²) in [6, 6.07) is 7.45. The molecule has 23 heavy (non-hydrogen) atoms. The lowest BCUT2D eigenvalue weighted by molar-refractivity contribution is -0.155. The van der Waals surface area contributed by atoms with Gasteiger partial charge in [-0.15, -0.1) is 0 Å². The predicted molar refractivity (Wildman–Crippen MR) is 76.0 cm³/mol. The number of hydrogen-bond acceptors (Lipinski definition) is 6. The van der Waals surface area contributed by atoms with Crippen LogP contribution >= 0.6 is 0 Å². The molecule has 9 nitrogen and oxygen atoms in total. The number of alkyl carbamates (subject to hydrolysis) is 1. The molecule has 1 aromatic rings. The highest BCUT2D eigenvalue weighted by molar-refractivity contribution is 5.88. The molecule has 9 heteroatoms. The maximum Gasteiger partial charge on any atom is 0.408 e. The first-order valence-corrected chi connectivity index (χ1v) is 6.52. The Labute approximate surface area is 131 Å². The molecule has 1 atom stereocenters. The summed E-state index contributed by atoms with van der Waals surface area (Å²) in [5.74, 6) is -3.31. The average molecular weight is 324 g/mol. The zero-order chi connectivity index (χ0) is 17.2. The first-order chi connectivity index (χ1) is 10.9. The number of hydrogen-bond donors (Lipinski definition) is 3. The number of carboxylic acids is 1. The normalized spacial score (nSPS) is 11.1. The molecule has 1 rings (SSSR count). The van der Waals surface area contributed by atoms with Crippen molar-refractivity contribution in [3.63, 3.8) is 0 Å². The average Bonchev–Trinajstić information content (AvgIpc) is 2.51. The van der Waals surface area contributed by atoms with Crippen molar-refractivity contribution in [1.82, 2.24) is 5.32 Å². The van der Waals surface area contributed by atoms with Crippen molar-refractivity contribution < 1.29 is 33.8 Å². The van der Waals surface area contributed by atoms with Crippen LogP contribution in [0.4, 0.5) is 4.79 Å². The minimum absolute atomic E-state index is 0.0262. The number of rotatable bonds is 8. The first-order valence-electron chi connectivity index (χ1n) is 6.52. The van der Waals surface area contributed by atoms with E-state index in [2.05, 4.69) is 10.1 Å². The third-order valence-electron chi connectivity index (χ3n) is 2.58. The van der Waals surface area contributed by atoms with Crippen LogP contribution in [-0.2, 0) is 30.5 Å². The number of carbonyl (C=O) groups is 4. The summed E-state index contributed by atoms with van der Waals surface area (Å²) in [5, 5.41) is 10.5. The molecule has 0 aliphatic carbocycles. The number of carbonyl (C=O) groups excluding carboxylic acids is 3. The fourth-order valence-electron chi connectivity index (χ4n) is 1.50. The van der Waals surface area contributed by atoms with Gasteiger partial charge in [0.05, 0.1) is 6.42 Å². The lowest BCUT2D eigenvalue weighted by Gasteiger charge is -2.14. The van der Waals surface area contributed by atoms with Crippen LogP contribution in [0.25, 0.3) is 0 Å². The van der Waals surface area contributed by atoms with E-state index < -0.39 is 43.0 Å². The van der Waals surface area contributed by atoms with Crippen LogP contribution in [0.5, 0.6) is 0 Å². The number of nitrogens with one attached hydrogen (secondary N) is 1. The maximum absolute atomic E-state index is 11.6. The third-order valence-corrected chi connectivity index (χ3v) is 2.58. The Morgan fingerprint density at radius 3 is 2.35 bits per heavy atom. The first kappa shape index (κ1) is 18.0. The van der Waals surface area contributed by atoms with Gasteiger partial charge in [-0.3, -0.25) is 9.59 Å². The summed E-state index contributed by atoms with van der Waals surface area (Å²) in [5.41, 5.74) is 5.80. The number of esters is 1. The monoisotopic (exact) mass is 324 g/mol. The topological polar surface area (TPSA) is 145 Å². The molecular weight excluding hydrogens is 308 g/mol. The molecule has 0 fully saturated rings. The summed E-state index contributed by atoms with van der Waals surface area (Å²) >= 11 is 0. The molecule has 0 aliphatic rings. The van der Waals surface area contributed by atoms with Gasteiger partial charge in [0.2, 0.25) is 5.91 Å². The van der Waals surface area contributed by atoms with Crippen LogP contribution in [0.2, 0.25) is 0 Å². The minimum Gasteiger partial charge on any atom is -0.479 e. The van der Waals surface area contributed by atoms with Gasteiger partial charge in [0.15, 0.2) is 6.61 Å². The van der Waals surface area contributed by atoms with Gasteiger partial charge < -0.3 is 25.6 Å². The summed E-state index contributed by atoms with van der Waals surface area (Å²) < 4.78 is 9.24. The molecule has 0 saturated heterocycles. The summed E-state index contributed by atoms with van der Waals surface area (Å²) in [6.07, 6.45) is -1.54. The molecule has 0 aliphatic heterocycles. The van der Waals surface area contributed by atoms with Crippen molar-refractivity contribution in [2.45, 2.75) is 19.1 Å². The van der Waals surface area contributed by atoms with E-state index in [1.807, 2.05) is 0 Å². The number of aliphatic carboxylic acids is 1. The second-order valence-electron chi connectivity index (χ2n) is 4.42. The molecule has 0 radical (unpaired) electrons. The molecular formula is C14H16N2O7. The van der Waals surface area contributed by atoms with Gasteiger partial charge in [-0.2, -0.15) is 0 Å². The fourth-order valence-corrected chi connectivity index (χ4v) is 1.50. The lowest BCUT2D eigenvalue weighted by Crippen LogP contribution is -2.46. The van der Waals surface area contributed by atoms with Crippen LogP contribution in [0.3, 0.4) is 0 Å². The van der Waals surface area contributed by atoms with E-state index in [1.54, 1.807) is 30.3 Å². The van der Waals surface area contributed by atoms with E-state index in [-0.39, 0.29) is 6.61 Å². The van der Waals surface area contributed by atoms with Gasteiger partial charge >= 0.3 is 18.0 Å². The Bertz CT molecular complexity index is 574. The highest BCUT2D eigenvalue weighted by Gasteiger charge is 2.23. The molecule has 0 saturated carbocycles. The van der Waals surface area contributed by atoms with E-state index >= 15 is 0 Å². The maximum atomic E-state index is 11.6. The highest BCUT2D eigenvalue weighted by Crippen LogP contribution is 2.02. The van der Waals surface area contributed by atoms with Crippen molar-refractivity contribution in [1.29, 1.82) is 0 Å². The van der Waals surface area contributed by atoms with Crippen molar-refractivity contribution in [3.05, 3.63) is 35.9 Å². The quantitative estimate of drug-likeness (QED) is 0.561. The fraction of sp³-hybridized carbons (Fsp3) is 0.286. The zero-order valence-corrected chi connectivity index (χ0v) is 12.1. The number of amides is 2. The lowest BCUT2D eigenvalue weighted by atomic mass is 10.2. The van der Waals surface area contributed by atoms with Gasteiger partial charge in [0.1, 0.15) is 12.6 Å². The SMILES string of the molecule is NC(=O)C(CC(=O)OCC(=O)O)NC(=O)OCc1ccccc1. The molecule has 1 aromatic carbocycles. The van der Waals surface area contributed by atoms with Crippen LogP contribution in [-0.4, -0.2) is 41.7 Å². The molecule has 2 amide bonds. The Morgan fingerprint density at radius 1 is 1.13 bits per heavy atom. The molecule has 0 spiro atoms. The summed E-state index contributed by atoms with van der Waals surface area (Å²) in [7, 11) is 0. The standard InChI is InChI=1S/C14H16N2O7/c15-13(20)10(6-12(19)22-8-11(17)18)16-14(21)23-7-9-4-2-1-3-5-9/h1-5,10H,6-8H2,(H2,15,20)(H,16,21)(H,17,18). The van der Waals surface area contributed by atoms with Crippen molar-refractivity contribution in [3.8, 4) is 0 Å². The van der Waals surface area contributed by atoms with Crippen molar-refractivity contribution in [2.24, 2.45) is 5.73 Å². The molecule has 1 unspecified atom stereocenters. The minimum atomic E-state index is -1.36. The van der Waals surface area contributed by atoms with Crippen molar-refractivity contribution in [2.75, 3.05) is 6.61 Å². The van der Waals surface area contributed by atoms with Crippen molar-refractivity contribution >= 4 is 23.9 Å². The van der Waals surface area contributed by atoms with E-state index in [0.29, 0.717) is 0 Å². The van der Waals surface area contributed by atoms with Crippen LogP contribution in [0, 0.1) is 0 Å². The van der Waals surface area contributed by atoms with Crippen LogP contribution < -0.4 is 11.1 Å².